The molecule has 22 heavy (non-hydrogen) atoms. The van der Waals surface area contributed by atoms with Crippen LogP contribution in [0.15, 0.2) is 30.3 Å². The van der Waals surface area contributed by atoms with Crippen molar-refractivity contribution in [3.05, 3.63) is 35.9 Å². The number of nitrogens with zero attached hydrogens (tertiary/aromatic N) is 2. The molecule has 1 fully saturated rings. The smallest absolute Gasteiger partial charge is 0.317 e. The molecule has 5 heteroatoms. The van der Waals surface area contributed by atoms with Gasteiger partial charge in [0.25, 0.3) is 0 Å². The first kappa shape index (κ1) is 17.2. The van der Waals surface area contributed by atoms with Gasteiger partial charge in [-0.25, -0.2) is 4.79 Å². The maximum absolute atomic E-state index is 12.4. The highest BCUT2D eigenvalue weighted by Crippen LogP contribution is 2.08. The summed E-state index contributed by atoms with van der Waals surface area (Å²) in [5, 5.41) is 3.12. The monoisotopic (exact) mass is 321 g/mol. The van der Waals surface area contributed by atoms with Crippen molar-refractivity contribution in [2.24, 2.45) is 0 Å². The third-order valence-corrected chi connectivity index (χ3v) is 4.65. The lowest BCUT2D eigenvalue weighted by molar-refractivity contribution is 0.118. The Kier molecular flexibility index (Phi) is 6.58. The van der Waals surface area contributed by atoms with Gasteiger partial charge in [-0.05, 0) is 25.8 Å². The lowest BCUT2D eigenvalue weighted by atomic mass is 10.1. The maximum atomic E-state index is 12.4. The molecular weight excluding hydrogens is 294 g/mol. The average Bonchev–Trinajstić information content (AvgIpc) is 2.55. The van der Waals surface area contributed by atoms with E-state index in [0.29, 0.717) is 11.8 Å². The van der Waals surface area contributed by atoms with Crippen molar-refractivity contribution >= 4 is 18.7 Å². The summed E-state index contributed by atoms with van der Waals surface area (Å²) in [6.07, 6.45) is 0.821. The minimum absolute atomic E-state index is 0.0402. The highest BCUT2D eigenvalue weighted by atomic mass is 32.1. The summed E-state index contributed by atoms with van der Waals surface area (Å²) < 4.78 is 0. The number of carbonyl (C=O) groups is 1. The number of carbonyl (C=O) groups excluding carboxylic acids is 1. The molecule has 0 saturated carbocycles. The van der Waals surface area contributed by atoms with Crippen LogP contribution >= 0.6 is 12.6 Å². The second-order valence-corrected chi connectivity index (χ2v) is 6.50. The van der Waals surface area contributed by atoms with Crippen molar-refractivity contribution in [2.75, 3.05) is 31.9 Å². The summed E-state index contributed by atoms with van der Waals surface area (Å²) in [5.41, 5.74) is 1.23. The van der Waals surface area contributed by atoms with Crippen LogP contribution in [0.4, 0.5) is 4.79 Å². The summed E-state index contributed by atoms with van der Waals surface area (Å²) >= 11 is 4.38. The Morgan fingerprint density at radius 3 is 2.36 bits per heavy atom. The Balaban J connectivity index is 1.82. The lowest BCUT2D eigenvalue weighted by Gasteiger charge is -2.37. The number of thiol groups is 1. The first-order valence-corrected chi connectivity index (χ1v) is 8.67. The van der Waals surface area contributed by atoms with Gasteiger partial charge in [0.05, 0.1) is 0 Å². The van der Waals surface area contributed by atoms with Crippen LogP contribution in [0.25, 0.3) is 0 Å². The number of amides is 2. The third kappa shape index (κ3) is 4.92. The summed E-state index contributed by atoms with van der Waals surface area (Å²) in [5.74, 6) is 0.645. The molecule has 1 saturated heterocycles. The van der Waals surface area contributed by atoms with E-state index < -0.39 is 0 Å². The number of piperazine rings is 1. The number of rotatable bonds is 5. The van der Waals surface area contributed by atoms with Crippen molar-refractivity contribution in [1.82, 2.24) is 15.1 Å². The third-order valence-electron chi connectivity index (χ3n) is 4.20. The maximum Gasteiger partial charge on any atom is 0.317 e. The Bertz CT molecular complexity index is 458. The molecule has 122 valence electrons. The second kappa shape index (κ2) is 8.44. The Labute approximate surface area is 139 Å². The van der Waals surface area contributed by atoms with Crippen molar-refractivity contribution in [3.8, 4) is 0 Å². The van der Waals surface area contributed by atoms with Crippen molar-refractivity contribution in [1.29, 1.82) is 0 Å². The molecule has 4 nitrogen and oxygen atoms in total. The second-order valence-electron chi connectivity index (χ2n) is 6.14. The van der Waals surface area contributed by atoms with Gasteiger partial charge in [0.15, 0.2) is 0 Å². The highest BCUT2D eigenvalue weighted by molar-refractivity contribution is 7.80. The van der Waals surface area contributed by atoms with E-state index in [1.807, 2.05) is 23.1 Å². The fourth-order valence-electron chi connectivity index (χ4n) is 2.77. The van der Waals surface area contributed by atoms with Crippen LogP contribution in [0.5, 0.6) is 0 Å². The fraction of sp³-hybridized carbons (Fsp3) is 0.588. The summed E-state index contributed by atoms with van der Waals surface area (Å²) in [7, 11) is 0. The number of benzene rings is 1. The van der Waals surface area contributed by atoms with E-state index in [1.54, 1.807) is 0 Å². The summed E-state index contributed by atoms with van der Waals surface area (Å²) in [6.45, 7) is 7.91. The van der Waals surface area contributed by atoms with E-state index >= 15 is 0 Å². The van der Waals surface area contributed by atoms with Crippen LogP contribution in [0.1, 0.15) is 19.4 Å². The molecule has 0 bridgehead atoms. The zero-order valence-corrected chi connectivity index (χ0v) is 14.4. The lowest BCUT2D eigenvalue weighted by Crippen LogP contribution is -2.55. The van der Waals surface area contributed by atoms with E-state index in [1.165, 1.54) is 5.56 Å². The quantitative estimate of drug-likeness (QED) is 0.816. The van der Waals surface area contributed by atoms with Crippen LogP contribution in [0.3, 0.4) is 0 Å². The van der Waals surface area contributed by atoms with Crippen LogP contribution in [0.2, 0.25) is 0 Å². The highest BCUT2D eigenvalue weighted by Gasteiger charge is 2.23. The molecule has 2 amide bonds. The SMILES string of the molecule is CC(C)N1CCN(C(=O)NC(CS)Cc2ccccc2)CC1. The Morgan fingerprint density at radius 2 is 1.82 bits per heavy atom. The van der Waals surface area contributed by atoms with E-state index in [-0.39, 0.29) is 12.1 Å². The molecule has 1 aliphatic heterocycles. The van der Waals surface area contributed by atoms with Gasteiger partial charge in [-0.1, -0.05) is 30.3 Å². The summed E-state index contributed by atoms with van der Waals surface area (Å²) in [6, 6.07) is 10.9. The standard InChI is InChI=1S/C17H27N3OS/c1-14(2)19-8-10-20(11-9-19)17(21)18-16(13-22)12-15-6-4-3-5-7-15/h3-7,14,16,22H,8-13H2,1-2H3,(H,18,21). The van der Waals surface area contributed by atoms with Gasteiger partial charge in [0, 0.05) is 44.0 Å². The van der Waals surface area contributed by atoms with Crippen molar-refractivity contribution in [2.45, 2.75) is 32.4 Å². The van der Waals surface area contributed by atoms with Gasteiger partial charge in [0.1, 0.15) is 0 Å². The van der Waals surface area contributed by atoms with E-state index in [4.69, 9.17) is 0 Å². The van der Waals surface area contributed by atoms with Crippen LogP contribution in [-0.4, -0.2) is 59.8 Å². The van der Waals surface area contributed by atoms with Gasteiger partial charge in [0.2, 0.25) is 0 Å². The predicted molar refractivity (Wildman–Crippen MR) is 94.6 cm³/mol. The topological polar surface area (TPSA) is 35.6 Å². The van der Waals surface area contributed by atoms with E-state index in [0.717, 1.165) is 32.6 Å². The molecule has 2 rings (SSSR count). The first-order chi connectivity index (χ1) is 10.6. The zero-order chi connectivity index (χ0) is 15.9. The van der Waals surface area contributed by atoms with Crippen LogP contribution in [-0.2, 0) is 6.42 Å². The van der Waals surface area contributed by atoms with E-state index in [9.17, 15) is 4.79 Å². The first-order valence-electron chi connectivity index (χ1n) is 8.04. The van der Waals surface area contributed by atoms with Crippen LogP contribution in [0, 0.1) is 0 Å². The fourth-order valence-corrected chi connectivity index (χ4v) is 2.99. The predicted octanol–water partition coefficient (Wildman–Crippen LogP) is 2.26. The molecule has 1 unspecified atom stereocenters. The van der Waals surface area contributed by atoms with Gasteiger partial charge < -0.3 is 10.2 Å². The number of hydrogen-bond donors (Lipinski definition) is 2. The Morgan fingerprint density at radius 1 is 1.18 bits per heavy atom. The largest absolute Gasteiger partial charge is 0.334 e. The summed E-state index contributed by atoms with van der Waals surface area (Å²) in [4.78, 5) is 16.7. The number of urea groups is 1. The van der Waals surface area contributed by atoms with Gasteiger partial charge in [-0.2, -0.15) is 12.6 Å². The van der Waals surface area contributed by atoms with E-state index in [2.05, 4.69) is 48.8 Å². The minimum atomic E-state index is 0.0402. The molecule has 1 heterocycles. The minimum Gasteiger partial charge on any atom is -0.334 e. The van der Waals surface area contributed by atoms with Crippen molar-refractivity contribution in [3.63, 3.8) is 0 Å². The van der Waals surface area contributed by atoms with Gasteiger partial charge >= 0.3 is 6.03 Å². The average molecular weight is 321 g/mol. The van der Waals surface area contributed by atoms with Crippen molar-refractivity contribution < 1.29 is 4.79 Å². The molecule has 0 radical (unpaired) electrons. The molecule has 0 aliphatic carbocycles. The molecule has 1 N–H and O–H groups in total. The van der Waals surface area contributed by atoms with Crippen LogP contribution < -0.4 is 5.32 Å². The molecule has 1 atom stereocenters. The molecule has 1 aromatic carbocycles. The molecule has 1 aromatic rings. The number of nitrogens with one attached hydrogen (secondary N) is 1. The molecule has 1 aliphatic rings. The normalized spacial score (nSPS) is 17.5. The molecule has 0 spiro atoms. The number of hydrogen-bond acceptors (Lipinski definition) is 3. The Hall–Kier alpha value is -1.20. The zero-order valence-electron chi connectivity index (χ0n) is 13.5. The van der Waals surface area contributed by atoms with Gasteiger partial charge in [-0.15, -0.1) is 0 Å². The molecule has 0 aromatic heterocycles. The van der Waals surface area contributed by atoms with Gasteiger partial charge in [-0.3, -0.25) is 4.90 Å². The molecular formula is C17H27N3OS.